The maximum atomic E-state index is 12.9. The number of nitrogens with one attached hydrogen (secondary N) is 1. The number of hydrazine groups is 1. The van der Waals surface area contributed by atoms with Gasteiger partial charge in [0, 0.05) is 21.0 Å². The van der Waals surface area contributed by atoms with Gasteiger partial charge < -0.3 is 19.1 Å². The van der Waals surface area contributed by atoms with Crippen molar-refractivity contribution in [2.45, 2.75) is 105 Å². The lowest BCUT2D eigenvalue weighted by molar-refractivity contribution is 0.0424. The Morgan fingerprint density at radius 3 is 1.98 bits per heavy atom. The summed E-state index contributed by atoms with van der Waals surface area (Å²) in [6, 6.07) is 15.0. The number of aliphatic hydroxyl groups excluding tert-OH is 1. The monoisotopic (exact) mass is 584 g/mol. The maximum Gasteiger partial charge on any atom is 0.435 e. The number of carbonyl (C=O) groups excluding carboxylic acids is 2. The van der Waals surface area contributed by atoms with Gasteiger partial charge in [0.1, 0.15) is 11.2 Å². The van der Waals surface area contributed by atoms with Gasteiger partial charge in [-0.2, -0.15) is 5.01 Å². The van der Waals surface area contributed by atoms with Crippen LogP contribution in [0.1, 0.15) is 73.6 Å². The van der Waals surface area contributed by atoms with E-state index in [1.165, 1.54) is 0 Å². The molecule has 0 aliphatic heterocycles. The van der Waals surface area contributed by atoms with Gasteiger partial charge in [-0.15, -0.1) is 0 Å². The highest BCUT2D eigenvalue weighted by Crippen LogP contribution is 2.26. The summed E-state index contributed by atoms with van der Waals surface area (Å²) in [6.45, 7) is 22.5. The highest BCUT2D eigenvalue weighted by atomic mass is 28.3. The number of benzene rings is 1. The number of carbonyl (C=O) groups is 2. The Bertz CT molecular complexity index is 1300. The molecule has 2 heterocycles. The maximum absolute atomic E-state index is 12.9. The van der Waals surface area contributed by atoms with Crippen molar-refractivity contribution in [1.82, 2.24) is 15.0 Å². The van der Waals surface area contributed by atoms with Crippen molar-refractivity contribution < 1.29 is 24.2 Å². The second kappa shape index (κ2) is 13.5. The Balaban J connectivity index is 0.000000745. The molecule has 0 unspecified atom stereocenters. The van der Waals surface area contributed by atoms with Crippen LogP contribution in [-0.2, 0) is 22.6 Å². The second-order valence-corrected chi connectivity index (χ2v) is 17.4. The highest BCUT2D eigenvalue weighted by Gasteiger charge is 2.28. The molecule has 10 heteroatoms. The third kappa shape index (κ3) is 10.8. The Kier molecular flexibility index (Phi) is 11.2. The third-order valence-electron chi connectivity index (χ3n) is 6.31. The summed E-state index contributed by atoms with van der Waals surface area (Å²) in [5, 5.41) is 11.5. The Morgan fingerprint density at radius 2 is 1.49 bits per heavy atom. The lowest BCUT2D eigenvalue weighted by atomic mass is 10.2. The molecule has 3 rings (SSSR count). The van der Waals surface area contributed by atoms with E-state index in [0.29, 0.717) is 22.8 Å². The predicted octanol–water partition coefficient (Wildman–Crippen LogP) is 7.03. The Labute approximate surface area is 246 Å². The number of aromatic nitrogens is 2. The molecule has 0 saturated carbocycles. The molecule has 3 aromatic rings. The van der Waals surface area contributed by atoms with Crippen molar-refractivity contribution in [2.75, 3.05) is 5.01 Å². The third-order valence-corrected chi connectivity index (χ3v) is 9.78. The van der Waals surface area contributed by atoms with Gasteiger partial charge in [0.05, 0.1) is 17.6 Å². The lowest BCUT2D eigenvalue weighted by Crippen LogP contribution is -2.50. The Morgan fingerprint density at radius 1 is 0.927 bits per heavy atom. The minimum atomic E-state index is -0.821. The number of anilines is 1. The van der Waals surface area contributed by atoms with Gasteiger partial charge in [0.25, 0.3) is 0 Å². The molecule has 2 aromatic heterocycles. The molecule has 1 aromatic carbocycles. The first-order valence-corrected chi connectivity index (χ1v) is 16.9. The van der Waals surface area contributed by atoms with Crippen LogP contribution in [0.25, 0.3) is 11.0 Å². The molecular weight excluding hydrogens is 536 g/mol. The van der Waals surface area contributed by atoms with Gasteiger partial charge in [0.2, 0.25) is 0 Å². The Hall–Kier alpha value is -3.37. The van der Waals surface area contributed by atoms with E-state index in [0.717, 1.165) is 16.1 Å². The largest absolute Gasteiger partial charge is 0.443 e. The topological polar surface area (TPSA) is 106 Å². The van der Waals surface area contributed by atoms with Gasteiger partial charge in [-0.25, -0.2) is 20.0 Å². The molecule has 9 nitrogen and oxygen atoms in total. The number of hydrogen-bond acceptors (Lipinski definition) is 6. The fourth-order valence-electron chi connectivity index (χ4n) is 3.29. The van der Waals surface area contributed by atoms with E-state index >= 15 is 0 Å². The number of fused-ring (bicyclic) bond motifs is 1. The van der Waals surface area contributed by atoms with E-state index in [1.54, 1.807) is 59.7 Å². The molecule has 0 aliphatic carbocycles. The number of hydrogen-bond donors (Lipinski definition) is 2. The van der Waals surface area contributed by atoms with E-state index in [-0.39, 0.29) is 21.2 Å². The van der Waals surface area contributed by atoms with Crippen LogP contribution in [0.3, 0.4) is 0 Å². The second-order valence-electron chi connectivity index (χ2n) is 13.4. The standard InChI is InChI=1S/C25H32N4O5.C6H16Si/c1-24(2,3)33-22(31)27-29(23(32)34-25(4,5)6)21-13-12-20-19(26-21)14-18(16-30)28(20)15-17-10-8-7-9-11-17;1-6(2,3)7(4)5/h7-14,30H,15-16H2,1-6H3,(H,27,31);7H,1-5H3. The van der Waals surface area contributed by atoms with Crippen LogP contribution in [-0.4, -0.2) is 46.8 Å². The minimum absolute atomic E-state index is 0.147. The molecule has 0 fully saturated rings. The summed E-state index contributed by atoms with van der Waals surface area (Å²) in [6.07, 6.45) is -1.63. The van der Waals surface area contributed by atoms with Crippen molar-refractivity contribution in [1.29, 1.82) is 0 Å². The van der Waals surface area contributed by atoms with Gasteiger partial charge in [0.15, 0.2) is 5.82 Å². The van der Waals surface area contributed by atoms with Gasteiger partial charge >= 0.3 is 12.2 Å². The SMILES string of the molecule is CC(C)(C)OC(=O)NN(C(=O)OC(C)(C)C)c1ccc2c(cc(CO)n2Cc2ccccc2)n1.C[SiH](C)C(C)(C)C. The number of ether oxygens (including phenoxy) is 2. The first-order valence-electron chi connectivity index (χ1n) is 14.0. The van der Waals surface area contributed by atoms with Crippen molar-refractivity contribution in [2.24, 2.45) is 0 Å². The molecule has 0 spiro atoms. The number of amides is 2. The summed E-state index contributed by atoms with van der Waals surface area (Å²) in [5.74, 6) is 0.147. The molecule has 0 aliphatic rings. The molecule has 0 bridgehead atoms. The summed E-state index contributed by atoms with van der Waals surface area (Å²) in [5.41, 5.74) is 3.95. The van der Waals surface area contributed by atoms with Crippen LogP contribution < -0.4 is 10.4 Å². The van der Waals surface area contributed by atoms with Crippen LogP contribution in [0.4, 0.5) is 15.4 Å². The van der Waals surface area contributed by atoms with Crippen molar-refractivity contribution in [3.05, 3.63) is 59.8 Å². The van der Waals surface area contributed by atoms with Crippen molar-refractivity contribution in [3.63, 3.8) is 0 Å². The zero-order valence-corrected chi connectivity index (χ0v) is 27.7. The van der Waals surface area contributed by atoms with E-state index < -0.39 is 23.4 Å². The zero-order chi connectivity index (χ0) is 31.2. The van der Waals surface area contributed by atoms with Gasteiger partial charge in [-0.1, -0.05) is 64.2 Å². The molecule has 0 saturated heterocycles. The fourth-order valence-corrected chi connectivity index (χ4v) is 3.29. The number of pyridine rings is 1. The molecule has 41 heavy (non-hydrogen) atoms. The molecule has 2 amide bonds. The van der Waals surface area contributed by atoms with Crippen LogP contribution in [0.15, 0.2) is 48.5 Å². The summed E-state index contributed by atoms with van der Waals surface area (Å²) >= 11 is 0. The van der Waals surface area contributed by atoms with Gasteiger partial charge in [-0.3, -0.25) is 0 Å². The normalized spacial score (nSPS) is 12.0. The summed E-state index contributed by atoms with van der Waals surface area (Å²) < 4.78 is 12.7. The van der Waals surface area contributed by atoms with Crippen LogP contribution in [0.2, 0.25) is 18.1 Å². The van der Waals surface area contributed by atoms with Crippen LogP contribution in [0.5, 0.6) is 0 Å². The molecular formula is C31H48N4O5Si. The van der Waals surface area contributed by atoms with E-state index in [2.05, 4.69) is 44.3 Å². The molecule has 0 atom stereocenters. The van der Waals surface area contributed by atoms with Gasteiger partial charge in [-0.05, 0) is 70.3 Å². The first kappa shape index (κ1) is 33.8. The first-order chi connectivity index (χ1) is 18.8. The number of rotatable bonds is 4. The summed E-state index contributed by atoms with van der Waals surface area (Å²) in [7, 11) is -0.359. The van der Waals surface area contributed by atoms with Crippen molar-refractivity contribution >= 4 is 37.8 Å². The molecule has 2 N–H and O–H groups in total. The average Bonchev–Trinajstić information content (AvgIpc) is 3.17. The predicted molar refractivity (Wildman–Crippen MR) is 168 cm³/mol. The summed E-state index contributed by atoms with van der Waals surface area (Å²) in [4.78, 5) is 29.9. The smallest absolute Gasteiger partial charge is 0.435 e. The number of aliphatic hydroxyl groups is 1. The minimum Gasteiger partial charge on any atom is -0.443 e. The van der Waals surface area contributed by atoms with Crippen molar-refractivity contribution in [3.8, 4) is 0 Å². The zero-order valence-electron chi connectivity index (χ0n) is 26.5. The van der Waals surface area contributed by atoms with E-state index in [9.17, 15) is 14.7 Å². The van der Waals surface area contributed by atoms with Crippen LogP contribution >= 0.6 is 0 Å². The lowest BCUT2D eigenvalue weighted by Gasteiger charge is -2.28. The highest BCUT2D eigenvalue weighted by molar-refractivity contribution is 6.59. The number of nitrogens with zero attached hydrogens (tertiary/aromatic N) is 3. The van der Waals surface area contributed by atoms with E-state index in [1.807, 2.05) is 34.9 Å². The molecule has 0 radical (unpaired) electrons. The fraction of sp³-hybridized carbons (Fsp3) is 0.516. The quantitative estimate of drug-likeness (QED) is 0.252. The van der Waals surface area contributed by atoms with Crippen LogP contribution in [0, 0.1) is 0 Å². The van der Waals surface area contributed by atoms with E-state index in [4.69, 9.17) is 9.47 Å². The molecule has 226 valence electrons. The average molecular weight is 585 g/mol.